The van der Waals surface area contributed by atoms with Gasteiger partial charge in [0.2, 0.25) is 0 Å². The molecule has 3 nitrogen and oxygen atoms in total. The zero-order valence-electron chi connectivity index (χ0n) is 30.9. The highest BCUT2D eigenvalue weighted by molar-refractivity contribution is 6.22. The fourth-order valence-corrected chi connectivity index (χ4v) is 9.05. The first-order valence-electron chi connectivity index (χ1n) is 19.5. The minimum Gasteiger partial charge on any atom is -0.298 e. The number of rotatable bonds is 4. The van der Waals surface area contributed by atoms with E-state index in [1.54, 1.807) is 0 Å². The topological polar surface area (TPSA) is 30.2 Å². The summed E-state index contributed by atoms with van der Waals surface area (Å²) >= 11 is 0. The maximum atomic E-state index is 5.23. The summed E-state index contributed by atoms with van der Waals surface area (Å²) in [6.07, 6.45) is 2.08. The van der Waals surface area contributed by atoms with Crippen LogP contribution in [-0.2, 0) is 0 Å². The van der Waals surface area contributed by atoms with Crippen LogP contribution >= 0.6 is 0 Å². The van der Waals surface area contributed by atoms with Gasteiger partial charge in [0.1, 0.15) is 11.2 Å². The molecule has 0 saturated heterocycles. The van der Waals surface area contributed by atoms with E-state index in [9.17, 15) is 0 Å². The van der Waals surface area contributed by atoms with Gasteiger partial charge in [0.05, 0.1) is 16.7 Å². The van der Waals surface area contributed by atoms with Crippen molar-refractivity contribution in [2.75, 3.05) is 0 Å². The van der Waals surface area contributed by atoms with Gasteiger partial charge in [0, 0.05) is 17.1 Å². The minimum absolute atomic E-state index is 0.914. The predicted octanol–water partition coefficient (Wildman–Crippen LogP) is 14.3. The molecule has 0 amide bonds. The minimum atomic E-state index is 0.914. The highest BCUT2D eigenvalue weighted by Crippen LogP contribution is 2.46. The average Bonchev–Trinajstić information content (AvgIpc) is 3.68. The Hall–Kier alpha value is -7.62. The number of nitrogens with zero attached hydrogens (tertiary/aromatic N) is 3. The SMILES string of the molecule is c1ccc2cc(-c3c4ccccc4c(-c4ccc5ccccc5c4)c4cc(-c5ccc(-c6nc7ccccc7c7nc8ccccn8c67)cc5)ccc34)ccc2c1. The Morgan fingerprint density at radius 1 is 0.333 bits per heavy atom. The summed E-state index contributed by atoms with van der Waals surface area (Å²) in [5, 5.41) is 11.0. The molecule has 3 heteroatoms. The second-order valence-electron chi connectivity index (χ2n) is 15.0. The van der Waals surface area contributed by atoms with Crippen LogP contribution in [0.1, 0.15) is 0 Å². The van der Waals surface area contributed by atoms with Gasteiger partial charge >= 0.3 is 0 Å². The van der Waals surface area contributed by atoms with Crippen molar-refractivity contribution < 1.29 is 0 Å². The molecule has 0 aliphatic rings. The maximum Gasteiger partial charge on any atom is 0.137 e. The molecule has 0 aliphatic carbocycles. The Morgan fingerprint density at radius 3 is 1.56 bits per heavy atom. The van der Waals surface area contributed by atoms with Crippen LogP contribution in [0.5, 0.6) is 0 Å². The summed E-state index contributed by atoms with van der Waals surface area (Å²) in [6, 6.07) is 70.4. The molecule has 0 spiro atoms. The van der Waals surface area contributed by atoms with Crippen LogP contribution in [0.25, 0.3) is 115 Å². The van der Waals surface area contributed by atoms with Crippen molar-refractivity contribution in [3.63, 3.8) is 0 Å². The molecular formula is C54H33N3. The van der Waals surface area contributed by atoms with Gasteiger partial charge in [-0.3, -0.25) is 4.40 Å². The van der Waals surface area contributed by atoms with Gasteiger partial charge < -0.3 is 0 Å². The average molecular weight is 724 g/mol. The summed E-state index contributed by atoms with van der Waals surface area (Å²) in [6.45, 7) is 0. The van der Waals surface area contributed by atoms with Gasteiger partial charge in [-0.05, 0) is 113 Å². The van der Waals surface area contributed by atoms with Crippen molar-refractivity contribution in [1.82, 2.24) is 14.4 Å². The zero-order valence-corrected chi connectivity index (χ0v) is 30.9. The van der Waals surface area contributed by atoms with E-state index in [2.05, 4.69) is 193 Å². The van der Waals surface area contributed by atoms with Crippen molar-refractivity contribution in [3.05, 3.63) is 200 Å². The standard InChI is InChI=1S/C54H33N3/c1-3-13-38-31-41(26-22-34(38)11-1)50-43-15-5-6-16-44(43)51(42-27-23-35-12-2-4-14-39(35)32-42)47-33-40(28-29-45(47)50)36-20-24-37(25-21-36)52-54-53(46-17-7-8-18-48(46)55-52)56-49-19-9-10-30-57(49)54/h1-33H. The fourth-order valence-electron chi connectivity index (χ4n) is 9.05. The largest absolute Gasteiger partial charge is 0.298 e. The van der Waals surface area contributed by atoms with Gasteiger partial charge in [0.15, 0.2) is 0 Å². The van der Waals surface area contributed by atoms with Crippen molar-refractivity contribution in [2.45, 2.75) is 0 Å². The molecule has 0 fully saturated rings. The molecule has 57 heavy (non-hydrogen) atoms. The van der Waals surface area contributed by atoms with E-state index >= 15 is 0 Å². The Bertz CT molecular complexity index is 3580. The molecular weight excluding hydrogens is 691 g/mol. The molecule has 12 aromatic rings. The Balaban J connectivity index is 1.08. The van der Waals surface area contributed by atoms with E-state index in [0.717, 1.165) is 44.4 Å². The van der Waals surface area contributed by atoms with Crippen LogP contribution in [-0.4, -0.2) is 14.4 Å². The monoisotopic (exact) mass is 723 g/mol. The van der Waals surface area contributed by atoms with Gasteiger partial charge in [-0.1, -0.05) is 158 Å². The van der Waals surface area contributed by atoms with E-state index in [4.69, 9.17) is 9.97 Å². The lowest BCUT2D eigenvalue weighted by Crippen LogP contribution is -1.93. The third-order valence-corrected chi connectivity index (χ3v) is 11.7. The quantitative estimate of drug-likeness (QED) is 0.169. The number of benzene rings is 9. The van der Waals surface area contributed by atoms with Crippen LogP contribution in [0.3, 0.4) is 0 Å². The van der Waals surface area contributed by atoms with Crippen molar-refractivity contribution in [3.8, 4) is 44.6 Å². The molecule has 0 radical (unpaired) electrons. The first-order valence-corrected chi connectivity index (χ1v) is 19.5. The number of imidazole rings is 1. The second-order valence-corrected chi connectivity index (χ2v) is 15.0. The fraction of sp³-hybridized carbons (Fsp3) is 0. The summed E-state index contributed by atoms with van der Waals surface area (Å²) in [5.74, 6) is 0. The highest BCUT2D eigenvalue weighted by Gasteiger charge is 2.20. The van der Waals surface area contributed by atoms with Crippen LogP contribution in [0.2, 0.25) is 0 Å². The maximum absolute atomic E-state index is 5.23. The van der Waals surface area contributed by atoms with Gasteiger partial charge in [-0.2, -0.15) is 0 Å². The molecule has 0 N–H and O–H groups in total. The molecule has 9 aromatic carbocycles. The number of fused-ring (bicyclic) bond motifs is 9. The number of hydrogen-bond donors (Lipinski definition) is 0. The lowest BCUT2D eigenvalue weighted by atomic mass is 9.84. The molecule has 3 heterocycles. The van der Waals surface area contributed by atoms with Crippen molar-refractivity contribution >= 4 is 70.7 Å². The van der Waals surface area contributed by atoms with E-state index in [1.165, 1.54) is 70.9 Å². The first-order chi connectivity index (χ1) is 28.2. The van der Waals surface area contributed by atoms with Crippen LogP contribution in [0, 0.1) is 0 Å². The predicted molar refractivity (Wildman–Crippen MR) is 240 cm³/mol. The van der Waals surface area contributed by atoms with E-state index in [-0.39, 0.29) is 0 Å². The third kappa shape index (κ3) is 4.99. The van der Waals surface area contributed by atoms with Gasteiger partial charge in [-0.15, -0.1) is 0 Å². The molecule has 12 rings (SSSR count). The molecule has 0 aliphatic heterocycles. The van der Waals surface area contributed by atoms with E-state index in [0.29, 0.717) is 0 Å². The number of hydrogen-bond acceptors (Lipinski definition) is 2. The smallest absolute Gasteiger partial charge is 0.137 e. The molecule has 0 unspecified atom stereocenters. The molecule has 0 atom stereocenters. The number of aromatic nitrogens is 3. The summed E-state index contributed by atoms with van der Waals surface area (Å²) < 4.78 is 2.16. The molecule has 264 valence electrons. The first kappa shape index (κ1) is 31.7. The summed E-state index contributed by atoms with van der Waals surface area (Å²) in [5.41, 5.74) is 13.1. The van der Waals surface area contributed by atoms with Crippen LogP contribution in [0.4, 0.5) is 0 Å². The highest BCUT2D eigenvalue weighted by atomic mass is 15.0. The Morgan fingerprint density at radius 2 is 0.860 bits per heavy atom. The molecule has 0 saturated carbocycles. The Kier molecular flexibility index (Phi) is 6.93. The van der Waals surface area contributed by atoms with Gasteiger partial charge in [-0.25, -0.2) is 9.97 Å². The second kappa shape index (κ2) is 12.5. The molecule has 0 bridgehead atoms. The summed E-state index contributed by atoms with van der Waals surface area (Å²) in [4.78, 5) is 10.3. The summed E-state index contributed by atoms with van der Waals surface area (Å²) in [7, 11) is 0. The van der Waals surface area contributed by atoms with Crippen molar-refractivity contribution in [1.29, 1.82) is 0 Å². The lowest BCUT2D eigenvalue weighted by Gasteiger charge is -2.19. The van der Waals surface area contributed by atoms with Crippen molar-refractivity contribution in [2.24, 2.45) is 0 Å². The Labute approximate surface area is 328 Å². The number of pyridine rings is 2. The lowest BCUT2D eigenvalue weighted by molar-refractivity contribution is 1.22. The van der Waals surface area contributed by atoms with E-state index < -0.39 is 0 Å². The van der Waals surface area contributed by atoms with Crippen LogP contribution < -0.4 is 0 Å². The normalized spacial score (nSPS) is 11.9. The van der Waals surface area contributed by atoms with E-state index in [1.807, 2.05) is 12.1 Å². The van der Waals surface area contributed by atoms with Gasteiger partial charge in [0.25, 0.3) is 0 Å². The zero-order chi connectivity index (χ0) is 37.5. The third-order valence-electron chi connectivity index (χ3n) is 11.7. The molecule has 3 aromatic heterocycles. The van der Waals surface area contributed by atoms with Crippen LogP contribution in [0.15, 0.2) is 200 Å². The number of para-hydroxylation sites is 1.